The molecule has 0 saturated carbocycles. The molecule has 6 heteroatoms. The zero-order chi connectivity index (χ0) is 15.1. The summed E-state index contributed by atoms with van der Waals surface area (Å²) in [6.07, 6.45) is 4.34. The number of carbonyl (C=O) groups is 1. The van der Waals surface area contributed by atoms with E-state index in [4.69, 9.17) is 17.3 Å². The summed E-state index contributed by atoms with van der Waals surface area (Å²) in [5.74, 6) is -0.963. The maximum atomic E-state index is 10.4. The number of rotatable bonds is 4. The number of nitrogens with zero attached hydrogens (tertiary/aromatic N) is 3. The molecular formula is C14H17N3O2S. The SMILES string of the molecule is CN(C)C(=S)N(C)N=Cc1ccc(C=CC(=O)O)cc1. The lowest BCUT2D eigenvalue weighted by molar-refractivity contribution is -0.131. The van der Waals surface area contributed by atoms with Crippen molar-refractivity contribution in [3.63, 3.8) is 0 Å². The maximum absolute atomic E-state index is 10.4. The Labute approximate surface area is 123 Å². The number of hydrogen-bond donors (Lipinski definition) is 1. The van der Waals surface area contributed by atoms with Crippen LogP contribution in [0, 0.1) is 0 Å². The molecule has 0 aliphatic heterocycles. The predicted molar refractivity (Wildman–Crippen MR) is 84.8 cm³/mol. The van der Waals surface area contributed by atoms with E-state index in [0.29, 0.717) is 5.11 Å². The second-order valence-electron chi connectivity index (χ2n) is 4.28. The molecule has 0 spiro atoms. The van der Waals surface area contributed by atoms with Gasteiger partial charge < -0.3 is 10.0 Å². The Morgan fingerprint density at radius 3 is 2.25 bits per heavy atom. The first kappa shape index (κ1) is 15.8. The molecule has 0 fully saturated rings. The van der Waals surface area contributed by atoms with Gasteiger partial charge in [-0.25, -0.2) is 9.80 Å². The van der Waals surface area contributed by atoms with Gasteiger partial charge in [0.1, 0.15) is 0 Å². The number of hydrogen-bond acceptors (Lipinski definition) is 3. The Bertz CT molecular complexity index is 536. The van der Waals surface area contributed by atoms with Crippen molar-refractivity contribution in [2.45, 2.75) is 0 Å². The van der Waals surface area contributed by atoms with Gasteiger partial charge >= 0.3 is 5.97 Å². The van der Waals surface area contributed by atoms with Crippen molar-refractivity contribution in [2.24, 2.45) is 5.10 Å². The molecule has 20 heavy (non-hydrogen) atoms. The van der Waals surface area contributed by atoms with Gasteiger partial charge in [0, 0.05) is 27.2 Å². The minimum Gasteiger partial charge on any atom is -0.478 e. The lowest BCUT2D eigenvalue weighted by Gasteiger charge is -2.20. The summed E-state index contributed by atoms with van der Waals surface area (Å²) in [6.45, 7) is 0. The van der Waals surface area contributed by atoms with Crippen LogP contribution in [0.4, 0.5) is 0 Å². The van der Waals surface area contributed by atoms with E-state index in [0.717, 1.165) is 17.2 Å². The summed E-state index contributed by atoms with van der Waals surface area (Å²) >= 11 is 5.17. The van der Waals surface area contributed by atoms with Gasteiger partial charge in [-0.2, -0.15) is 5.10 Å². The van der Waals surface area contributed by atoms with Gasteiger partial charge in [-0.05, 0) is 29.4 Å². The number of benzene rings is 1. The van der Waals surface area contributed by atoms with E-state index in [1.54, 1.807) is 23.2 Å². The lowest BCUT2D eigenvalue weighted by Crippen LogP contribution is -2.32. The Hall–Kier alpha value is -2.21. The Morgan fingerprint density at radius 2 is 1.75 bits per heavy atom. The van der Waals surface area contributed by atoms with Crippen LogP contribution in [0.2, 0.25) is 0 Å². The van der Waals surface area contributed by atoms with Crippen molar-refractivity contribution in [1.29, 1.82) is 0 Å². The average Bonchev–Trinajstić information content (AvgIpc) is 2.42. The third-order valence-electron chi connectivity index (χ3n) is 2.39. The molecule has 0 amide bonds. The number of hydrazone groups is 1. The summed E-state index contributed by atoms with van der Waals surface area (Å²) in [7, 11) is 5.50. The van der Waals surface area contributed by atoms with E-state index in [1.165, 1.54) is 6.08 Å². The van der Waals surface area contributed by atoms with E-state index in [2.05, 4.69) is 5.10 Å². The highest BCUT2D eigenvalue weighted by Crippen LogP contribution is 2.05. The highest BCUT2D eigenvalue weighted by Gasteiger charge is 2.02. The first-order valence-corrected chi connectivity index (χ1v) is 6.31. The fourth-order valence-electron chi connectivity index (χ4n) is 1.35. The number of thiocarbonyl (C=S) groups is 1. The van der Waals surface area contributed by atoms with Gasteiger partial charge in [0.25, 0.3) is 0 Å². The van der Waals surface area contributed by atoms with Crippen LogP contribution in [0.1, 0.15) is 11.1 Å². The molecule has 0 radical (unpaired) electrons. The monoisotopic (exact) mass is 291 g/mol. The van der Waals surface area contributed by atoms with Crippen molar-refractivity contribution in [1.82, 2.24) is 9.91 Å². The minimum atomic E-state index is -0.963. The standard InChI is InChI=1S/C14H17N3O2S/c1-16(2)14(20)17(3)15-10-12-6-4-11(5-7-12)8-9-13(18)19/h4-10H,1-3H3,(H,18,19). The highest BCUT2D eigenvalue weighted by atomic mass is 32.1. The predicted octanol–water partition coefficient (Wildman–Crippen LogP) is 1.90. The molecule has 0 unspecified atom stereocenters. The van der Waals surface area contributed by atoms with E-state index >= 15 is 0 Å². The molecule has 0 aromatic heterocycles. The normalized spacial score (nSPS) is 10.9. The van der Waals surface area contributed by atoms with Gasteiger partial charge in [-0.1, -0.05) is 24.3 Å². The maximum Gasteiger partial charge on any atom is 0.328 e. The van der Waals surface area contributed by atoms with Crippen molar-refractivity contribution >= 4 is 35.6 Å². The Kier molecular flexibility index (Phi) is 5.86. The highest BCUT2D eigenvalue weighted by molar-refractivity contribution is 7.80. The van der Waals surface area contributed by atoms with E-state index in [9.17, 15) is 4.79 Å². The minimum absolute atomic E-state index is 0.613. The molecule has 0 bridgehead atoms. The van der Waals surface area contributed by atoms with Crippen LogP contribution in [0.3, 0.4) is 0 Å². The van der Waals surface area contributed by atoms with E-state index in [1.807, 2.05) is 38.4 Å². The number of aliphatic carboxylic acids is 1. The molecule has 106 valence electrons. The van der Waals surface area contributed by atoms with Gasteiger partial charge in [0.05, 0.1) is 6.21 Å². The van der Waals surface area contributed by atoms with Crippen LogP contribution in [-0.2, 0) is 4.79 Å². The largest absolute Gasteiger partial charge is 0.478 e. The number of carboxylic acids is 1. The van der Waals surface area contributed by atoms with Crippen LogP contribution >= 0.6 is 12.2 Å². The summed E-state index contributed by atoms with van der Waals surface area (Å²) in [4.78, 5) is 12.2. The van der Waals surface area contributed by atoms with Crippen molar-refractivity contribution < 1.29 is 9.90 Å². The Balaban J connectivity index is 2.70. The van der Waals surface area contributed by atoms with Gasteiger partial charge in [0.2, 0.25) is 0 Å². The van der Waals surface area contributed by atoms with Gasteiger partial charge in [-0.3, -0.25) is 0 Å². The second kappa shape index (κ2) is 7.40. The van der Waals surface area contributed by atoms with Crippen molar-refractivity contribution in [2.75, 3.05) is 21.1 Å². The molecule has 1 rings (SSSR count). The van der Waals surface area contributed by atoms with Crippen LogP contribution in [0.15, 0.2) is 35.4 Å². The molecular weight excluding hydrogens is 274 g/mol. The van der Waals surface area contributed by atoms with Crippen molar-refractivity contribution in [3.8, 4) is 0 Å². The lowest BCUT2D eigenvalue weighted by atomic mass is 10.1. The topological polar surface area (TPSA) is 56.1 Å². The summed E-state index contributed by atoms with van der Waals surface area (Å²) in [5.41, 5.74) is 1.73. The summed E-state index contributed by atoms with van der Waals surface area (Å²) in [5, 5.41) is 15.0. The molecule has 1 aromatic rings. The third-order valence-corrected chi connectivity index (χ3v) is 3.02. The first-order valence-electron chi connectivity index (χ1n) is 5.90. The summed E-state index contributed by atoms with van der Waals surface area (Å²) in [6, 6.07) is 7.37. The number of carboxylic acid groups (broad SMARTS) is 1. The molecule has 1 aromatic carbocycles. The zero-order valence-electron chi connectivity index (χ0n) is 11.6. The first-order chi connectivity index (χ1) is 9.40. The van der Waals surface area contributed by atoms with E-state index in [-0.39, 0.29) is 0 Å². The van der Waals surface area contributed by atoms with E-state index < -0.39 is 5.97 Å². The van der Waals surface area contributed by atoms with Crippen LogP contribution in [-0.4, -0.2) is 53.5 Å². The molecule has 0 heterocycles. The molecule has 0 aliphatic carbocycles. The van der Waals surface area contributed by atoms with Gasteiger partial charge in [-0.15, -0.1) is 0 Å². The van der Waals surface area contributed by atoms with Crippen LogP contribution in [0.25, 0.3) is 6.08 Å². The molecule has 0 atom stereocenters. The Morgan fingerprint density at radius 1 is 1.20 bits per heavy atom. The summed E-state index contributed by atoms with van der Waals surface area (Å²) < 4.78 is 0. The third kappa shape index (κ3) is 5.19. The molecule has 1 N–H and O–H groups in total. The van der Waals surface area contributed by atoms with Crippen LogP contribution in [0.5, 0.6) is 0 Å². The smallest absolute Gasteiger partial charge is 0.328 e. The zero-order valence-corrected chi connectivity index (χ0v) is 12.5. The average molecular weight is 291 g/mol. The fraction of sp³-hybridized carbons (Fsp3) is 0.214. The molecule has 5 nitrogen and oxygen atoms in total. The van der Waals surface area contributed by atoms with Crippen LogP contribution < -0.4 is 0 Å². The fourth-order valence-corrected chi connectivity index (χ4v) is 1.40. The van der Waals surface area contributed by atoms with Gasteiger partial charge in [0.15, 0.2) is 5.11 Å². The molecule has 0 aliphatic rings. The second-order valence-corrected chi connectivity index (χ2v) is 4.65. The molecule has 0 saturated heterocycles. The van der Waals surface area contributed by atoms with Crippen molar-refractivity contribution in [3.05, 3.63) is 41.5 Å². The quantitative estimate of drug-likeness (QED) is 0.397.